The van der Waals surface area contributed by atoms with Gasteiger partial charge in [-0.05, 0) is 76.7 Å². The highest BCUT2D eigenvalue weighted by Gasteiger charge is 2.21. The lowest BCUT2D eigenvalue weighted by atomic mass is 9.91. The average molecular weight is 446 g/mol. The summed E-state index contributed by atoms with van der Waals surface area (Å²) >= 11 is 2.31. The number of benzene rings is 2. The molecule has 2 heterocycles. The number of fused-ring (bicyclic) bond motifs is 1. The van der Waals surface area contributed by atoms with E-state index in [0.29, 0.717) is 5.89 Å². The van der Waals surface area contributed by atoms with Crippen molar-refractivity contribution in [3.63, 3.8) is 0 Å². The number of hydrogen-bond acceptors (Lipinski definition) is 3. The first kappa shape index (κ1) is 17.0. The van der Waals surface area contributed by atoms with E-state index in [9.17, 15) is 0 Å². The summed E-state index contributed by atoms with van der Waals surface area (Å²) in [4.78, 5) is 7.29. The van der Waals surface area contributed by atoms with E-state index in [1.54, 1.807) is 0 Å². The van der Waals surface area contributed by atoms with Crippen molar-refractivity contribution >= 4 is 33.7 Å². The van der Waals surface area contributed by atoms with Gasteiger partial charge in [0.2, 0.25) is 5.89 Å². The molecule has 4 rings (SSSR count). The minimum Gasteiger partial charge on any atom is -0.436 e. The molecule has 1 aliphatic rings. The molecule has 2 aromatic carbocycles. The second-order valence-corrected chi connectivity index (χ2v) is 8.72. The van der Waals surface area contributed by atoms with Crippen molar-refractivity contribution < 1.29 is 4.42 Å². The molecule has 3 aromatic rings. The number of halogens is 1. The first-order valence-corrected chi connectivity index (χ1v) is 10.0. The van der Waals surface area contributed by atoms with Gasteiger partial charge in [-0.2, -0.15) is 0 Å². The summed E-state index contributed by atoms with van der Waals surface area (Å²) in [5, 5.41) is 0. The normalized spacial score (nSPS) is 21.7. The Kier molecular flexibility index (Phi) is 4.82. The monoisotopic (exact) mass is 446 g/mol. The molecular weight excluding hydrogens is 423 g/mol. The van der Waals surface area contributed by atoms with Crippen molar-refractivity contribution in [2.24, 2.45) is 11.8 Å². The molecule has 0 saturated carbocycles. The van der Waals surface area contributed by atoms with Crippen molar-refractivity contribution in [1.29, 1.82) is 0 Å². The minimum atomic E-state index is 0.700. The summed E-state index contributed by atoms with van der Waals surface area (Å²) in [5.41, 5.74) is 4.15. The quantitative estimate of drug-likeness (QED) is 0.492. The van der Waals surface area contributed by atoms with Crippen LogP contribution in [0, 0.1) is 15.4 Å². The summed E-state index contributed by atoms with van der Waals surface area (Å²) < 4.78 is 7.15. The lowest BCUT2D eigenvalue weighted by Crippen LogP contribution is -2.38. The van der Waals surface area contributed by atoms with Gasteiger partial charge >= 0.3 is 0 Å². The topological polar surface area (TPSA) is 29.3 Å². The van der Waals surface area contributed by atoms with Crippen LogP contribution in [0.15, 0.2) is 46.9 Å². The summed E-state index contributed by atoms with van der Waals surface area (Å²) in [6, 6.07) is 14.7. The van der Waals surface area contributed by atoms with Crippen molar-refractivity contribution in [2.45, 2.75) is 26.8 Å². The fourth-order valence-corrected chi connectivity index (χ4v) is 4.54. The third-order valence-corrected chi connectivity index (χ3v) is 5.55. The van der Waals surface area contributed by atoms with Crippen LogP contribution < -0.4 is 0 Å². The SMILES string of the molecule is C[C@H]1C[C@H](C)CN(Cc2ccc3oc(-c4cccc(I)c4)nc3c2)C1. The van der Waals surface area contributed by atoms with Gasteiger partial charge in [0.1, 0.15) is 5.52 Å². The molecule has 0 N–H and O–H groups in total. The molecule has 0 aliphatic carbocycles. The molecule has 0 bridgehead atoms. The van der Waals surface area contributed by atoms with Gasteiger partial charge in [-0.3, -0.25) is 4.90 Å². The first-order chi connectivity index (χ1) is 12.1. The molecule has 3 nitrogen and oxygen atoms in total. The molecule has 0 spiro atoms. The van der Waals surface area contributed by atoms with E-state index in [1.807, 2.05) is 12.1 Å². The lowest BCUT2D eigenvalue weighted by molar-refractivity contribution is 0.134. The van der Waals surface area contributed by atoms with Gasteiger partial charge in [-0.1, -0.05) is 26.0 Å². The van der Waals surface area contributed by atoms with E-state index in [-0.39, 0.29) is 0 Å². The third-order valence-electron chi connectivity index (χ3n) is 4.87. The Labute approximate surface area is 162 Å². The Balaban J connectivity index is 1.58. The second-order valence-electron chi connectivity index (χ2n) is 7.47. The Bertz CT molecular complexity index is 878. The smallest absolute Gasteiger partial charge is 0.227 e. The Morgan fingerprint density at radius 1 is 1.12 bits per heavy atom. The Morgan fingerprint density at radius 2 is 1.92 bits per heavy atom. The van der Waals surface area contributed by atoms with Gasteiger partial charge in [0.05, 0.1) is 0 Å². The predicted octanol–water partition coefficient (Wildman–Crippen LogP) is 5.58. The molecule has 2 atom stereocenters. The van der Waals surface area contributed by atoms with Crippen LogP contribution in [0.5, 0.6) is 0 Å². The van der Waals surface area contributed by atoms with Crippen molar-refractivity contribution in [3.8, 4) is 11.5 Å². The molecular formula is C21H23IN2O. The first-order valence-electron chi connectivity index (χ1n) is 8.94. The predicted molar refractivity (Wildman–Crippen MR) is 110 cm³/mol. The maximum Gasteiger partial charge on any atom is 0.227 e. The summed E-state index contributed by atoms with van der Waals surface area (Å²) in [6.07, 6.45) is 1.35. The largest absolute Gasteiger partial charge is 0.436 e. The molecule has 130 valence electrons. The van der Waals surface area contributed by atoms with E-state index in [2.05, 4.69) is 71.7 Å². The van der Waals surface area contributed by atoms with Gasteiger partial charge < -0.3 is 4.42 Å². The van der Waals surface area contributed by atoms with Crippen molar-refractivity contribution in [1.82, 2.24) is 9.88 Å². The second kappa shape index (κ2) is 7.08. The maximum atomic E-state index is 5.96. The molecule has 1 fully saturated rings. The molecule has 1 aliphatic heterocycles. The van der Waals surface area contributed by atoms with Crippen LogP contribution >= 0.6 is 22.6 Å². The van der Waals surface area contributed by atoms with E-state index in [4.69, 9.17) is 9.40 Å². The van der Waals surface area contributed by atoms with Crippen LogP contribution in [0.2, 0.25) is 0 Å². The molecule has 25 heavy (non-hydrogen) atoms. The number of nitrogens with zero attached hydrogens (tertiary/aromatic N) is 2. The van der Waals surface area contributed by atoms with Gasteiger partial charge in [0, 0.05) is 28.8 Å². The van der Waals surface area contributed by atoms with Gasteiger partial charge in [0.15, 0.2) is 5.58 Å². The van der Waals surface area contributed by atoms with E-state index in [0.717, 1.165) is 35.0 Å². The highest BCUT2D eigenvalue weighted by Crippen LogP contribution is 2.27. The number of piperidine rings is 1. The van der Waals surface area contributed by atoms with Crippen molar-refractivity contribution in [2.75, 3.05) is 13.1 Å². The zero-order valence-corrected chi connectivity index (χ0v) is 16.9. The standard InChI is InChI=1S/C21H23IN2O/c1-14-8-15(2)12-24(11-14)13-16-6-7-20-19(9-16)23-21(25-20)17-4-3-5-18(22)10-17/h3-7,9-10,14-15H,8,11-13H2,1-2H3/t14-,15-/m0/s1. The van der Waals surface area contributed by atoms with Gasteiger partial charge in [-0.25, -0.2) is 4.98 Å². The molecule has 0 radical (unpaired) electrons. The van der Waals surface area contributed by atoms with E-state index in [1.165, 1.54) is 28.6 Å². The number of oxazole rings is 1. The summed E-state index contributed by atoms with van der Waals surface area (Å²) in [5.74, 6) is 2.27. The Hall–Kier alpha value is -1.40. The maximum absolute atomic E-state index is 5.96. The minimum absolute atomic E-state index is 0.700. The van der Waals surface area contributed by atoms with Crippen LogP contribution in [-0.2, 0) is 6.54 Å². The summed E-state index contributed by atoms with van der Waals surface area (Å²) in [7, 11) is 0. The zero-order valence-electron chi connectivity index (χ0n) is 14.7. The number of likely N-dealkylation sites (tertiary alicyclic amines) is 1. The van der Waals surface area contributed by atoms with Crippen LogP contribution in [0.25, 0.3) is 22.6 Å². The molecule has 0 amide bonds. The Morgan fingerprint density at radius 3 is 2.68 bits per heavy atom. The van der Waals surface area contributed by atoms with Gasteiger partial charge in [-0.15, -0.1) is 0 Å². The third kappa shape index (κ3) is 3.90. The fraction of sp³-hybridized carbons (Fsp3) is 0.381. The molecule has 0 unspecified atom stereocenters. The van der Waals surface area contributed by atoms with Gasteiger partial charge in [0.25, 0.3) is 0 Å². The number of rotatable bonds is 3. The van der Waals surface area contributed by atoms with Crippen LogP contribution in [-0.4, -0.2) is 23.0 Å². The average Bonchev–Trinajstić information content (AvgIpc) is 2.97. The summed E-state index contributed by atoms with van der Waals surface area (Å²) in [6.45, 7) is 8.09. The molecule has 1 saturated heterocycles. The highest BCUT2D eigenvalue weighted by atomic mass is 127. The highest BCUT2D eigenvalue weighted by molar-refractivity contribution is 14.1. The number of aromatic nitrogens is 1. The molecule has 4 heteroatoms. The van der Waals surface area contributed by atoms with E-state index < -0.39 is 0 Å². The zero-order chi connectivity index (χ0) is 17.4. The fourth-order valence-electron chi connectivity index (χ4n) is 4.00. The van der Waals surface area contributed by atoms with Crippen LogP contribution in [0.1, 0.15) is 25.8 Å². The molecule has 1 aromatic heterocycles. The van der Waals surface area contributed by atoms with E-state index >= 15 is 0 Å². The van der Waals surface area contributed by atoms with Crippen molar-refractivity contribution in [3.05, 3.63) is 51.6 Å². The van der Waals surface area contributed by atoms with Crippen LogP contribution in [0.3, 0.4) is 0 Å². The lowest BCUT2D eigenvalue weighted by Gasteiger charge is -2.34. The number of hydrogen-bond donors (Lipinski definition) is 0. The van der Waals surface area contributed by atoms with Crippen LogP contribution in [0.4, 0.5) is 0 Å².